The quantitative estimate of drug-likeness (QED) is 0.720. The molecule has 2 atom stereocenters. The van der Waals surface area contributed by atoms with E-state index in [-0.39, 0.29) is 5.92 Å². The van der Waals surface area contributed by atoms with Crippen LogP contribution in [0, 0.1) is 5.92 Å². The Morgan fingerprint density at radius 1 is 1.47 bits per heavy atom. The highest BCUT2D eigenvalue weighted by Crippen LogP contribution is 2.10. The second kappa shape index (κ2) is 7.94. The molecule has 0 radical (unpaired) electrons. The molecule has 0 spiro atoms. The van der Waals surface area contributed by atoms with Gasteiger partial charge in [0.1, 0.15) is 0 Å². The number of nitrogens with zero attached hydrogens (tertiary/aromatic N) is 2. The molecule has 0 fully saturated rings. The molecule has 2 unspecified atom stereocenters. The lowest BCUT2D eigenvalue weighted by Crippen LogP contribution is -2.26. The van der Waals surface area contributed by atoms with Crippen molar-refractivity contribution < 1.29 is 9.90 Å². The van der Waals surface area contributed by atoms with Crippen molar-refractivity contribution in [3.05, 3.63) is 18.2 Å². The maximum absolute atomic E-state index is 10.7. The summed E-state index contributed by atoms with van der Waals surface area (Å²) in [6.45, 7) is 7.74. The molecule has 0 aliphatic rings. The van der Waals surface area contributed by atoms with E-state index in [2.05, 4.69) is 28.7 Å². The topological polar surface area (TPSA) is 67.2 Å². The average Bonchev–Trinajstić information content (AvgIpc) is 2.83. The number of carboxylic acid groups (broad SMARTS) is 1. The Labute approximate surface area is 115 Å². The molecule has 0 bridgehead atoms. The Bertz CT molecular complexity index is 390. The van der Waals surface area contributed by atoms with Gasteiger partial charge in [-0.15, -0.1) is 0 Å². The molecule has 0 amide bonds. The van der Waals surface area contributed by atoms with Crippen molar-refractivity contribution in [1.82, 2.24) is 14.9 Å². The van der Waals surface area contributed by atoms with E-state index < -0.39 is 5.97 Å². The lowest BCUT2D eigenvalue weighted by Gasteiger charge is -2.15. The molecule has 0 aromatic carbocycles. The normalized spacial score (nSPS) is 14.3. The third-order valence-electron chi connectivity index (χ3n) is 3.47. The summed E-state index contributed by atoms with van der Waals surface area (Å²) in [4.78, 5) is 14.8. The van der Waals surface area contributed by atoms with E-state index >= 15 is 0 Å². The van der Waals surface area contributed by atoms with Gasteiger partial charge in [-0.25, -0.2) is 4.98 Å². The fraction of sp³-hybridized carbons (Fsp3) is 0.714. The van der Waals surface area contributed by atoms with Crippen LogP contribution >= 0.6 is 0 Å². The number of hydrogen-bond donors (Lipinski definition) is 2. The van der Waals surface area contributed by atoms with Crippen LogP contribution in [0.3, 0.4) is 0 Å². The third kappa shape index (κ3) is 5.42. The number of aliphatic carboxylic acids is 1. The molecule has 0 saturated carbocycles. The maximum Gasteiger partial charge on any atom is 0.306 e. The van der Waals surface area contributed by atoms with Crippen LogP contribution in [0.1, 0.15) is 45.7 Å². The lowest BCUT2D eigenvalue weighted by molar-refractivity contribution is -0.141. The number of nitrogens with one attached hydrogen (secondary N) is 1. The van der Waals surface area contributed by atoms with Gasteiger partial charge in [0.15, 0.2) is 0 Å². The van der Waals surface area contributed by atoms with Crippen molar-refractivity contribution in [3.8, 4) is 0 Å². The minimum atomic E-state index is -0.701. The number of aryl methyl sites for hydroxylation is 1. The molecule has 2 N–H and O–H groups in total. The van der Waals surface area contributed by atoms with Crippen LogP contribution in [-0.4, -0.2) is 26.7 Å². The number of aromatic nitrogens is 2. The van der Waals surface area contributed by atoms with Crippen LogP contribution in [0.15, 0.2) is 12.5 Å². The van der Waals surface area contributed by atoms with Crippen LogP contribution < -0.4 is 5.32 Å². The highest BCUT2D eigenvalue weighted by molar-refractivity contribution is 5.69. The van der Waals surface area contributed by atoms with Gasteiger partial charge in [0.2, 0.25) is 0 Å². The molecule has 5 nitrogen and oxygen atoms in total. The van der Waals surface area contributed by atoms with Gasteiger partial charge in [-0.3, -0.25) is 4.79 Å². The van der Waals surface area contributed by atoms with Gasteiger partial charge in [0, 0.05) is 25.3 Å². The van der Waals surface area contributed by atoms with Crippen molar-refractivity contribution in [2.45, 2.75) is 59.2 Å². The summed E-state index contributed by atoms with van der Waals surface area (Å²) >= 11 is 0. The summed E-state index contributed by atoms with van der Waals surface area (Å²) in [6, 6.07) is 0.390. The Balaban J connectivity index is 2.21. The van der Waals surface area contributed by atoms with Gasteiger partial charge in [-0.05, 0) is 26.7 Å². The van der Waals surface area contributed by atoms with E-state index in [9.17, 15) is 4.79 Å². The van der Waals surface area contributed by atoms with Gasteiger partial charge in [0.05, 0.1) is 17.9 Å². The molecule has 0 saturated heterocycles. The molecule has 1 rings (SSSR count). The molecule has 19 heavy (non-hydrogen) atoms. The first-order valence-corrected chi connectivity index (χ1v) is 6.99. The first-order chi connectivity index (χ1) is 9.04. The minimum absolute atomic E-state index is 0.242. The summed E-state index contributed by atoms with van der Waals surface area (Å²) in [7, 11) is 0. The Morgan fingerprint density at radius 3 is 2.84 bits per heavy atom. The summed E-state index contributed by atoms with van der Waals surface area (Å²) in [5.41, 5.74) is 1.19. The van der Waals surface area contributed by atoms with E-state index in [1.165, 1.54) is 5.69 Å². The monoisotopic (exact) mass is 267 g/mol. The van der Waals surface area contributed by atoms with Crippen molar-refractivity contribution in [2.24, 2.45) is 5.92 Å². The molecule has 5 heteroatoms. The second-order valence-corrected chi connectivity index (χ2v) is 5.12. The molecule has 1 aromatic rings. The zero-order chi connectivity index (χ0) is 14.3. The molecule has 0 aliphatic carbocycles. The fourth-order valence-corrected chi connectivity index (χ4v) is 2.01. The highest BCUT2D eigenvalue weighted by Gasteiger charge is 2.11. The zero-order valence-electron chi connectivity index (χ0n) is 12.1. The SMILES string of the molecule is CCn1cncc1CNC(C)CCCC(C)C(=O)O. The van der Waals surface area contributed by atoms with Crippen LogP contribution in [0.4, 0.5) is 0 Å². The van der Waals surface area contributed by atoms with E-state index in [4.69, 9.17) is 5.11 Å². The zero-order valence-corrected chi connectivity index (χ0v) is 12.1. The van der Waals surface area contributed by atoms with Gasteiger partial charge in [-0.1, -0.05) is 13.3 Å². The third-order valence-corrected chi connectivity index (χ3v) is 3.47. The number of hydrogen-bond acceptors (Lipinski definition) is 3. The number of imidazole rings is 1. The van der Waals surface area contributed by atoms with Crippen molar-refractivity contribution in [3.63, 3.8) is 0 Å². The molecule has 0 aliphatic heterocycles. The first kappa shape index (κ1) is 15.7. The predicted molar refractivity (Wildman–Crippen MR) is 74.9 cm³/mol. The average molecular weight is 267 g/mol. The largest absolute Gasteiger partial charge is 0.481 e. The van der Waals surface area contributed by atoms with Gasteiger partial charge >= 0.3 is 5.97 Å². The predicted octanol–water partition coefficient (Wildman–Crippen LogP) is 2.27. The Kier molecular flexibility index (Phi) is 6.56. The van der Waals surface area contributed by atoms with E-state index in [0.29, 0.717) is 6.04 Å². The molecule has 108 valence electrons. The highest BCUT2D eigenvalue weighted by atomic mass is 16.4. The second-order valence-electron chi connectivity index (χ2n) is 5.12. The van der Waals surface area contributed by atoms with E-state index in [0.717, 1.165) is 32.4 Å². The van der Waals surface area contributed by atoms with E-state index in [1.54, 1.807) is 6.92 Å². The van der Waals surface area contributed by atoms with E-state index in [1.807, 2.05) is 12.5 Å². The molecular weight excluding hydrogens is 242 g/mol. The van der Waals surface area contributed by atoms with Crippen LogP contribution in [0.25, 0.3) is 0 Å². The minimum Gasteiger partial charge on any atom is -0.481 e. The molecule has 1 aromatic heterocycles. The standard InChI is InChI=1S/C14H25N3O2/c1-4-17-10-15-8-13(17)9-16-12(3)7-5-6-11(2)14(18)19/h8,10-12,16H,4-7,9H2,1-3H3,(H,18,19). The number of rotatable bonds is 9. The molecule has 1 heterocycles. The Hall–Kier alpha value is -1.36. The lowest BCUT2D eigenvalue weighted by atomic mass is 10.0. The summed E-state index contributed by atoms with van der Waals surface area (Å²) in [5.74, 6) is -0.943. The molecular formula is C14H25N3O2. The number of carbonyl (C=O) groups is 1. The van der Waals surface area contributed by atoms with Gasteiger partial charge in [0.25, 0.3) is 0 Å². The van der Waals surface area contributed by atoms with Crippen LogP contribution in [-0.2, 0) is 17.9 Å². The van der Waals surface area contributed by atoms with Crippen molar-refractivity contribution in [1.29, 1.82) is 0 Å². The summed E-state index contributed by atoms with van der Waals surface area (Å²) < 4.78 is 2.12. The maximum atomic E-state index is 10.7. The summed E-state index contributed by atoms with van der Waals surface area (Å²) in [5, 5.41) is 12.3. The number of carboxylic acids is 1. The summed E-state index contributed by atoms with van der Waals surface area (Å²) in [6.07, 6.45) is 6.41. The van der Waals surface area contributed by atoms with Crippen LogP contribution in [0.5, 0.6) is 0 Å². The first-order valence-electron chi connectivity index (χ1n) is 6.99. The van der Waals surface area contributed by atoms with Gasteiger partial charge in [-0.2, -0.15) is 0 Å². The Morgan fingerprint density at radius 2 is 2.21 bits per heavy atom. The van der Waals surface area contributed by atoms with Crippen molar-refractivity contribution >= 4 is 5.97 Å². The van der Waals surface area contributed by atoms with Crippen molar-refractivity contribution in [2.75, 3.05) is 0 Å². The smallest absolute Gasteiger partial charge is 0.306 e. The fourth-order valence-electron chi connectivity index (χ4n) is 2.01. The van der Waals surface area contributed by atoms with Crippen LogP contribution in [0.2, 0.25) is 0 Å². The van der Waals surface area contributed by atoms with Gasteiger partial charge < -0.3 is 15.0 Å².